The SMILES string of the molecule is Cc1cccc(CNC(=O)c2cnc3c(-c4ccc(F)cc4)c(C)nn3c2C)c1. The van der Waals surface area contributed by atoms with Gasteiger partial charge in [0.25, 0.3) is 5.91 Å². The summed E-state index contributed by atoms with van der Waals surface area (Å²) in [5.41, 5.74) is 6.44. The number of nitrogens with zero attached hydrogens (tertiary/aromatic N) is 3. The third kappa shape index (κ3) is 3.61. The number of carbonyl (C=O) groups is 1. The van der Waals surface area contributed by atoms with Crippen molar-refractivity contribution in [3.63, 3.8) is 0 Å². The molecule has 1 amide bonds. The van der Waals surface area contributed by atoms with E-state index in [4.69, 9.17) is 0 Å². The summed E-state index contributed by atoms with van der Waals surface area (Å²) >= 11 is 0. The quantitative estimate of drug-likeness (QED) is 0.564. The maximum absolute atomic E-state index is 13.3. The van der Waals surface area contributed by atoms with Gasteiger partial charge in [-0.3, -0.25) is 4.79 Å². The van der Waals surface area contributed by atoms with Crippen molar-refractivity contribution in [3.05, 3.63) is 88.6 Å². The van der Waals surface area contributed by atoms with Gasteiger partial charge in [-0.1, -0.05) is 42.0 Å². The number of aromatic nitrogens is 3. The number of nitrogens with one attached hydrogen (secondary N) is 1. The first-order valence-corrected chi connectivity index (χ1v) is 9.38. The number of amides is 1. The van der Waals surface area contributed by atoms with Crippen molar-refractivity contribution in [2.45, 2.75) is 27.3 Å². The van der Waals surface area contributed by atoms with Gasteiger partial charge in [0.2, 0.25) is 0 Å². The van der Waals surface area contributed by atoms with Gasteiger partial charge in [-0.15, -0.1) is 0 Å². The van der Waals surface area contributed by atoms with Crippen molar-refractivity contribution in [2.24, 2.45) is 0 Å². The van der Waals surface area contributed by atoms with Crippen LogP contribution in [0, 0.1) is 26.6 Å². The molecule has 2 aromatic carbocycles. The number of fused-ring (bicyclic) bond motifs is 1. The van der Waals surface area contributed by atoms with Crippen LogP contribution in [-0.4, -0.2) is 20.5 Å². The summed E-state index contributed by atoms with van der Waals surface area (Å²) in [5, 5.41) is 7.51. The molecule has 0 spiro atoms. The molecule has 0 fully saturated rings. The molecule has 29 heavy (non-hydrogen) atoms. The summed E-state index contributed by atoms with van der Waals surface area (Å²) in [7, 11) is 0. The molecule has 0 aliphatic rings. The lowest BCUT2D eigenvalue weighted by atomic mass is 10.1. The van der Waals surface area contributed by atoms with Crippen molar-refractivity contribution in [2.75, 3.05) is 0 Å². The molecule has 4 rings (SSSR count). The van der Waals surface area contributed by atoms with Gasteiger partial charge in [-0.2, -0.15) is 5.10 Å². The van der Waals surface area contributed by atoms with Gasteiger partial charge in [0, 0.05) is 18.3 Å². The van der Waals surface area contributed by atoms with E-state index >= 15 is 0 Å². The Kier molecular flexibility index (Phi) is 4.84. The van der Waals surface area contributed by atoms with E-state index in [0.717, 1.165) is 27.9 Å². The van der Waals surface area contributed by atoms with Crippen LogP contribution in [0.3, 0.4) is 0 Å². The normalized spacial score (nSPS) is 11.0. The Morgan fingerprint density at radius 1 is 1.10 bits per heavy atom. The van der Waals surface area contributed by atoms with E-state index < -0.39 is 0 Å². The van der Waals surface area contributed by atoms with Crippen molar-refractivity contribution in [1.82, 2.24) is 19.9 Å². The number of carbonyl (C=O) groups excluding carboxylic acids is 1. The molecule has 5 nitrogen and oxygen atoms in total. The largest absolute Gasteiger partial charge is 0.348 e. The Balaban J connectivity index is 1.66. The minimum absolute atomic E-state index is 0.199. The molecular weight excluding hydrogens is 367 g/mol. The van der Waals surface area contributed by atoms with E-state index in [0.29, 0.717) is 23.4 Å². The molecule has 1 N–H and O–H groups in total. The van der Waals surface area contributed by atoms with Crippen LogP contribution >= 0.6 is 0 Å². The summed E-state index contributed by atoms with van der Waals surface area (Å²) < 4.78 is 15.0. The molecule has 2 heterocycles. The second kappa shape index (κ2) is 7.47. The van der Waals surface area contributed by atoms with Gasteiger partial charge < -0.3 is 5.32 Å². The summed E-state index contributed by atoms with van der Waals surface area (Å²) in [4.78, 5) is 17.2. The molecular formula is C23H21FN4O. The average Bonchev–Trinajstić information content (AvgIpc) is 3.04. The highest BCUT2D eigenvalue weighted by molar-refractivity contribution is 5.95. The van der Waals surface area contributed by atoms with Crippen LogP contribution in [0.1, 0.15) is 32.9 Å². The van der Waals surface area contributed by atoms with Gasteiger partial charge in [0.1, 0.15) is 5.82 Å². The van der Waals surface area contributed by atoms with Gasteiger partial charge in [-0.05, 0) is 44.0 Å². The van der Waals surface area contributed by atoms with Gasteiger partial charge >= 0.3 is 0 Å². The van der Waals surface area contributed by atoms with Crippen molar-refractivity contribution in [3.8, 4) is 11.1 Å². The van der Waals surface area contributed by atoms with Crippen LogP contribution in [0.25, 0.3) is 16.8 Å². The van der Waals surface area contributed by atoms with E-state index in [9.17, 15) is 9.18 Å². The topological polar surface area (TPSA) is 59.3 Å². The van der Waals surface area contributed by atoms with Gasteiger partial charge in [-0.25, -0.2) is 13.9 Å². The zero-order valence-corrected chi connectivity index (χ0v) is 16.5. The summed E-state index contributed by atoms with van der Waals surface area (Å²) in [5.74, 6) is -0.491. The first-order chi connectivity index (χ1) is 13.9. The van der Waals surface area contributed by atoms with Crippen molar-refractivity contribution < 1.29 is 9.18 Å². The monoisotopic (exact) mass is 388 g/mol. The minimum atomic E-state index is -0.292. The van der Waals surface area contributed by atoms with E-state index in [-0.39, 0.29) is 11.7 Å². The lowest BCUT2D eigenvalue weighted by Gasteiger charge is -2.09. The lowest BCUT2D eigenvalue weighted by Crippen LogP contribution is -2.24. The standard InChI is InChI=1S/C23H21FN4O/c1-14-5-4-6-17(11-14)12-26-23(29)20-13-25-22-21(15(2)27-28(22)16(20)3)18-7-9-19(24)10-8-18/h4-11,13H,12H2,1-3H3,(H,26,29). The van der Waals surface area contributed by atoms with Gasteiger partial charge in [0.05, 0.1) is 17.0 Å². The Morgan fingerprint density at radius 3 is 2.59 bits per heavy atom. The Labute approximate surface area is 168 Å². The highest BCUT2D eigenvalue weighted by atomic mass is 19.1. The van der Waals surface area contributed by atoms with Crippen LogP contribution in [0.2, 0.25) is 0 Å². The molecule has 0 aliphatic carbocycles. The molecule has 4 aromatic rings. The fraction of sp³-hybridized carbons (Fsp3) is 0.174. The Morgan fingerprint density at radius 2 is 1.86 bits per heavy atom. The fourth-order valence-electron chi connectivity index (χ4n) is 3.48. The number of benzene rings is 2. The molecule has 146 valence electrons. The lowest BCUT2D eigenvalue weighted by molar-refractivity contribution is 0.0949. The molecule has 0 saturated heterocycles. The maximum Gasteiger partial charge on any atom is 0.254 e. The van der Waals surface area contributed by atoms with Crippen LogP contribution < -0.4 is 5.32 Å². The van der Waals surface area contributed by atoms with Crippen LogP contribution in [0.5, 0.6) is 0 Å². The molecule has 0 unspecified atom stereocenters. The molecule has 0 aliphatic heterocycles. The molecule has 0 saturated carbocycles. The molecule has 0 bridgehead atoms. The molecule has 6 heteroatoms. The smallest absolute Gasteiger partial charge is 0.254 e. The second-order valence-corrected chi connectivity index (χ2v) is 7.13. The number of hydrogen-bond acceptors (Lipinski definition) is 3. The predicted octanol–water partition coefficient (Wildman–Crippen LogP) is 4.39. The number of rotatable bonds is 4. The zero-order valence-electron chi connectivity index (χ0n) is 16.5. The van der Waals surface area contributed by atoms with Crippen LogP contribution in [0.4, 0.5) is 4.39 Å². The zero-order chi connectivity index (χ0) is 20.5. The van der Waals surface area contributed by atoms with Crippen molar-refractivity contribution >= 4 is 11.6 Å². The Hall–Kier alpha value is -3.54. The first-order valence-electron chi connectivity index (χ1n) is 9.38. The van der Waals surface area contributed by atoms with E-state index in [1.54, 1.807) is 22.8 Å². The highest BCUT2D eigenvalue weighted by Crippen LogP contribution is 2.28. The minimum Gasteiger partial charge on any atom is -0.348 e. The van der Waals surface area contributed by atoms with E-state index in [1.165, 1.54) is 12.1 Å². The highest BCUT2D eigenvalue weighted by Gasteiger charge is 2.18. The molecule has 2 aromatic heterocycles. The predicted molar refractivity (Wildman–Crippen MR) is 110 cm³/mol. The van der Waals surface area contributed by atoms with Crippen LogP contribution in [-0.2, 0) is 6.54 Å². The Bertz CT molecular complexity index is 1210. The third-order valence-corrected chi connectivity index (χ3v) is 4.97. The van der Waals surface area contributed by atoms with E-state index in [2.05, 4.69) is 15.4 Å². The number of halogens is 1. The first kappa shape index (κ1) is 18.8. The molecule has 0 atom stereocenters. The van der Waals surface area contributed by atoms with Gasteiger partial charge in [0.15, 0.2) is 5.65 Å². The maximum atomic E-state index is 13.3. The summed E-state index contributed by atoms with van der Waals surface area (Å²) in [6.07, 6.45) is 1.57. The van der Waals surface area contributed by atoms with E-state index in [1.807, 2.05) is 45.0 Å². The second-order valence-electron chi connectivity index (χ2n) is 7.13. The summed E-state index contributed by atoms with van der Waals surface area (Å²) in [6, 6.07) is 14.3. The average molecular weight is 388 g/mol. The fourth-order valence-corrected chi connectivity index (χ4v) is 3.48. The number of aryl methyl sites for hydroxylation is 3. The third-order valence-electron chi connectivity index (χ3n) is 4.97. The number of hydrogen-bond donors (Lipinski definition) is 1. The van der Waals surface area contributed by atoms with Crippen LogP contribution in [0.15, 0.2) is 54.7 Å². The summed E-state index contributed by atoms with van der Waals surface area (Å²) in [6.45, 7) is 6.18. The molecule has 0 radical (unpaired) electrons. The van der Waals surface area contributed by atoms with Crippen molar-refractivity contribution in [1.29, 1.82) is 0 Å².